The molecule has 2 N–H and O–H groups in total. The number of hydrogen-bond acceptors (Lipinski definition) is 3. The molecular weight excluding hydrogens is 286 g/mol. The summed E-state index contributed by atoms with van der Waals surface area (Å²) in [5, 5.41) is 0. The molecule has 0 radical (unpaired) electrons. The highest BCUT2D eigenvalue weighted by Gasteiger charge is 2.29. The molecule has 0 atom stereocenters. The molecule has 0 spiro atoms. The molecule has 0 aromatic carbocycles. The van der Waals surface area contributed by atoms with Gasteiger partial charge in [0, 0.05) is 37.6 Å². The first-order chi connectivity index (χ1) is 9.90. The van der Waals surface area contributed by atoms with Crippen LogP contribution in [-0.2, 0) is 16.6 Å². The van der Waals surface area contributed by atoms with Crippen LogP contribution in [0.5, 0.6) is 0 Å². The second-order valence-electron chi connectivity index (χ2n) is 6.12. The first-order valence-electron chi connectivity index (χ1n) is 7.81. The molecule has 5 nitrogen and oxygen atoms in total. The molecule has 1 fully saturated rings. The number of sulfonamides is 1. The largest absolute Gasteiger partial charge is 0.346 e. The van der Waals surface area contributed by atoms with Gasteiger partial charge in [0.15, 0.2) is 0 Å². The molecule has 120 valence electrons. The third kappa shape index (κ3) is 3.33. The van der Waals surface area contributed by atoms with Gasteiger partial charge in [-0.05, 0) is 38.7 Å². The molecule has 21 heavy (non-hydrogen) atoms. The van der Waals surface area contributed by atoms with Gasteiger partial charge in [-0.15, -0.1) is 0 Å². The van der Waals surface area contributed by atoms with E-state index < -0.39 is 10.0 Å². The average molecular weight is 313 g/mol. The van der Waals surface area contributed by atoms with E-state index >= 15 is 0 Å². The van der Waals surface area contributed by atoms with Crippen LogP contribution in [0.15, 0.2) is 17.2 Å². The van der Waals surface area contributed by atoms with Crippen molar-refractivity contribution in [2.45, 2.75) is 57.5 Å². The number of hydrogen-bond donors (Lipinski definition) is 1. The van der Waals surface area contributed by atoms with E-state index in [4.69, 9.17) is 5.73 Å². The highest BCUT2D eigenvalue weighted by Crippen LogP contribution is 2.29. The van der Waals surface area contributed by atoms with Crippen LogP contribution in [0.1, 0.15) is 51.8 Å². The summed E-state index contributed by atoms with van der Waals surface area (Å²) in [6.07, 6.45) is 5.25. The van der Waals surface area contributed by atoms with E-state index in [1.54, 1.807) is 16.6 Å². The van der Waals surface area contributed by atoms with Crippen LogP contribution >= 0.6 is 0 Å². The molecule has 0 bridgehead atoms. The van der Waals surface area contributed by atoms with Gasteiger partial charge in [-0.3, -0.25) is 0 Å². The predicted molar refractivity (Wildman–Crippen MR) is 84.5 cm³/mol. The summed E-state index contributed by atoms with van der Waals surface area (Å²) in [6, 6.07) is 1.92. The third-order valence-corrected chi connectivity index (χ3v) is 6.26. The normalized spacial score (nSPS) is 16.7. The van der Waals surface area contributed by atoms with Gasteiger partial charge in [-0.25, -0.2) is 8.42 Å². The van der Waals surface area contributed by atoms with E-state index in [1.807, 2.05) is 25.3 Å². The second-order valence-corrected chi connectivity index (χ2v) is 8.06. The van der Waals surface area contributed by atoms with Gasteiger partial charge in [0.1, 0.15) is 4.90 Å². The Morgan fingerprint density at radius 3 is 2.48 bits per heavy atom. The summed E-state index contributed by atoms with van der Waals surface area (Å²) in [7, 11) is -3.41. The van der Waals surface area contributed by atoms with Crippen LogP contribution in [0.3, 0.4) is 0 Å². The molecule has 1 aliphatic rings. The summed E-state index contributed by atoms with van der Waals surface area (Å²) in [4.78, 5) is 0.373. The van der Waals surface area contributed by atoms with Crippen LogP contribution in [0.25, 0.3) is 0 Å². The Balaban J connectivity index is 2.28. The molecule has 1 aromatic rings. The van der Waals surface area contributed by atoms with Crippen LogP contribution in [0, 0.1) is 5.92 Å². The van der Waals surface area contributed by atoms with Gasteiger partial charge < -0.3 is 10.3 Å². The second kappa shape index (κ2) is 6.50. The zero-order chi connectivity index (χ0) is 15.6. The highest BCUT2D eigenvalue weighted by atomic mass is 32.2. The Morgan fingerprint density at radius 2 is 2.10 bits per heavy atom. The number of nitrogens with zero attached hydrogens (tertiary/aromatic N) is 2. The molecule has 2 rings (SSSR count). The van der Waals surface area contributed by atoms with Crippen LogP contribution in [0.4, 0.5) is 0 Å². The molecule has 0 unspecified atom stereocenters. The van der Waals surface area contributed by atoms with Crippen molar-refractivity contribution in [3.8, 4) is 0 Å². The minimum atomic E-state index is -3.41. The van der Waals surface area contributed by atoms with Gasteiger partial charge in [0.25, 0.3) is 0 Å². The zero-order valence-corrected chi connectivity index (χ0v) is 14.1. The van der Waals surface area contributed by atoms with E-state index in [1.165, 1.54) is 6.42 Å². The van der Waals surface area contributed by atoms with Crippen molar-refractivity contribution < 1.29 is 8.42 Å². The van der Waals surface area contributed by atoms with Crippen molar-refractivity contribution in [3.63, 3.8) is 0 Å². The van der Waals surface area contributed by atoms with Gasteiger partial charge >= 0.3 is 0 Å². The molecule has 1 aromatic heterocycles. The minimum Gasteiger partial charge on any atom is -0.346 e. The molecular formula is C15H27N3O2S. The summed E-state index contributed by atoms with van der Waals surface area (Å²) < 4.78 is 29.2. The van der Waals surface area contributed by atoms with Crippen LogP contribution < -0.4 is 5.73 Å². The Kier molecular flexibility index (Phi) is 5.11. The fourth-order valence-electron chi connectivity index (χ4n) is 2.79. The summed E-state index contributed by atoms with van der Waals surface area (Å²) in [5.41, 5.74) is 6.60. The van der Waals surface area contributed by atoms with E-state index in [0.29, 0.717) is 30.4 Å². The fraction of sp³-hybridized carbons (Fsp3) is 0.733. The minimum absolute atomic E-state index is 0.203. The number of rotatable bonds is 7. The third-order valence-electron chi connectivity index (χ3n) is 4.35. The smallest absolute Gasteiger partial charge is 0.244 e. The Hall–Kier alpha value is -0.850. The quantitative estimate of drug-likeness (QED) is 0.840. The monoisotopic (exact) mass is 313 g/mol. The van der Waals surface area contributed by atoms with Crippen molar-refractivity contribution in [2.24, 2.45) is 11.7 Å². The number of aromatic nitrogens is 1. The maximum atomic E-state index is 12.8. The molecule has 0 amide bonds. The lowest BCUT2D eigenvalue weighted by molar-refractivity contribution is 0.250. The molecule has 1 saturated carbocycles. The van der Waals surface area contributed by atoms with Crippen molar-refractivity contribution in [2.75, 3.05) is 13.1 Å². The Bertz CT molecular complexity index is 574. The highest BCUT2D eigenvalue weighted by molar-refractivity contribution is 7.89. The average Bonchev–Trinajstić information content (AvgIpc) is 2.82. The Morgan fingerprint density at radius 1 is 1.43 bits per heavy atom. The summed E-state index contributed by atoms with van der Waals surface area (Å²) in [5.74, 6) is 0.529. The first kappa shape index (κ1) is 16.5. The maximum Gasteiger partial charge on any atom is 0.244 e. The molecule has 1 heterocycles. The van der Waals surface area contributed by atoms with E-state index in [0.717, 1.165) is 18.5 Å². The topological polar surface area (TPSA) is 68.3 Å². The van der Waals surface area contributed by atoms with E-state index in [2.05, 4.69) is 0 Å². The van der Waals surface area contributed by atoms with Crippen LogP contribution in [0.2, 0.25) is 0 Å². The lowest BCUT2D eigenvalue weighted by atomic mass is 9.85. The zero-order valence-electron chi connectivity index (χ0n) is 13.2. The van der Waals surface area contributed by atoms with Gasteiger partial charge in [0.2, 0.25) is 10.0 Å². The lowest BCUT2D eigenvalue weighted by Crippen LogP contribution is -2.37. The molecule has 0 aliphatic heterocycles. The maximum absolute atomic E-state index is 12.8. The standard InChI is InChI=1S/C15H27N3O2S/c1-4-17(10-13-6-5-7-13)21(19,20)15-8-14(9-16)18(11-15)12(2)3/h8,11-13H,4-7,9-10,16H2,1-3H3. The first-order valence-corrected chi connectivity index (χ1v) is 9.25. The molecule has 1 aliphatic carbocycles. The van der Waals surface area contributed by atoms with Crippen molar-refractivity contribution in [1.29, 1.82) is 0 Å². The van der Waals surface area contributed by atoms with Gasteiger partial charge in [-0.1, -0.05) is 13.3 Å². The van der Waals surface area contributed by atoms with Gasteiger partial charge in [-0.2, -0.15) is 4.31 Å². The van der Waals surface area contributed by atoms with Crippen molar-refractivity contribution >= 4 is 10.0 Å². The van der Waals surface area contributed by atoms with Crippen molar-refractivity contribution in [1.82, 2.24) is 8.87 Å². The molecule has 0 saturated heterocycles. The van der Waals surface area contributed by atoms with E-state index in [-0.39, 0.29) is 6.04 Å². The predicted octanol–water partition coefficient (Wildman–Crippen LogP) is 2.34. The Labute approximate surface area is 128 Å². The SMILES string of the molecule is CCN(CC1CCC1)S(=O)(=O)c1cc(CN)n(C(C)C)c1. The van der Waals surface area contributed by atoms with Crippen molar-refractivity contribution in [3.05, 3.63) is 18.0 Å². The number of nitrogens with two attached hydrogens (primary N) is 1. The lowest BCUT2D eigenvalue weighted by Gasteiger charge is -2.30. The van der Waals surface area contributed by atoms with E-state index in [9.17, 15) is 8.42 Å². The molecule has 6 heteroatoms. The fourth-order valence-corrected chi connectivity index (χ4v) is 4.37. The summed E-state index contributed by atoms with van der Waals surface area (Å²) >= 11 is 0. The van der Waals surface area contributed by atoms with Gasteiger partial charge in [0.05, 0.1) is 0 Å². The van der Waals surface area contributed by atoms with Crippen LogP contribution in [-0.4, -0.2) is 30.4 Å². The summed E-state index contributed by atoms with van der Waals surface area (Å²) in [6.45, 7) is 7.47.